The predicted octanol–water partition coefficient (Wildman–Crippen LogP) is 3.89. The maximum Gasteiger partial charge on any atom is 0.271 e. The van der Waals surface area contributed by atoms with E-state index in [4.69, 9.17) is 4.74 Å². The molecule has 0 atom stereocenters. The Hall–Kier alpha value is -3.89. The van der Waals surface area contributed by atoms with Crippen LogP contribution in [0, 0.1) is 17.5 Å². The van der Waals surface area contributed by atoms with Gasteiger partial charge in [-0.15, -0.1) is 5.10 Å². The Balaban J connectivity index is 1.55. The number of hydrogen-bond acceptors (Lipinski definition) is 6. The van der Waals surface area contributed by atoms with E-state index in [0.717, 1.165) is 35.0 Å². The van der Waals surface area contributed by atoms with Crippen LogP contribution in [0.5, 0.6) is 0 Å². The van der Waals surface area contributed by atoms with Gasteiger partial charge in [0.15, 0.2) is 17.3 Å². The third kappa shape index (κ3) is 3.66. The summed E-state index contributed by atoms with van der Waals surface area (Å²) in [6.07, 6.45) is 6.85. The zero-order valence-electron chi connectivity index (χ0n) is 18.5. The summed E-state index contributed by atoms with van der Waals surface area (Å²) < 4.78 is 48.5. The summed E-state index contributed by atoms with van der Waals surface area (Å²) in [6, 6.07) is 1.26. The summed E-state index contributed by atoms with van der Waals surface area (Å²) >= 11 is 0. The Morgan fingerprint density at radius 2 is 2.06 bits per heavy atom. The zero-order chi connectivity index (χ0) is 24.0. The number of rotatable bonds is 4. The van der Waals surface area contributed by atoms with Gasteiger partial charge in [0, 0.05) is 23.9 Å². The van der Waals surface area contributed by atoms with Gasteiger partial charge in [-0.3, -0.25) is 15.2 Å². The molecule has 0 bridgehead atoms. The highest BCUT2D eigenvalue weighted by Crippen LogP contribution is 2.30. The minimum Gasteiger partial charge on any atom is -0.490 e. The third-order valence-electron chi connectivity index (χ3n) is 5.77. The lowest BCUT2D eigenvalue weighted by Gasteiger charge is -2.34. The predicted molar refractivity (Wildman–Crippen MR) is 116 cm³/mol. The topological polar surface area (TPSA) is 85.2 Å². The third-order valence-corrected chi connectivity index (χ3v) is 5.77. The summed E-state index contributed by atoms with van der Waals surface area (Å²) in [4.78, 5) is 17.5. The molecule has 8 nitrogen and oxygen atoms in total. The highest BCUT2D eigenvalue weighted by molar-refractivity contribution is 5.99. The normalized spacial score (nSPS) is 15.6. The molecule has 1 aliphatic carbocycles. The first-order chi connectivity index (χ1) is 16.3. The van der Waals surface area contributed by atoms with Gasteiger partial charge in [0.1, 0.15) is 29.4 Å². The van der Waals surface area contributed by atoms with Crippen molar-refractivity contribution in [2.45, 2.75) is 32.6 Å². The smallest absolute Gasteiger partial charge is 0.271 e. The fourth-order valence-electron chi connectivity index (χ4n) is 4.23. The van der Waals surface area contributed by atoms with E-state index >= 15 is 0 Å². The highest BCUT2D eigenvalue weighted by Gasteiger charge is 2.27. The molecule has 2 aromatic heterocycles. The van der Waals surface area contributed by atoms with Crippen LogP contribution in [-0.4, -0.2) is 44.0 Å². The number of allylic oxidation sites excluding steroid dienone is 3. The number of carbonyl (C=O) groups excluding carboxylic acids is 1. The van der Waals surface area contributed by atoms with E-state index in [-0.39, 0.29) is 28.6 Å². The van der Waals surface area contributed by atoms with Crippen molar-refractivity contribution in [1.82, 2.24) is 30.4 Å². The van der Waals surface area contributed by atoms with E-state index in [2.05, 4.69) is 20.7 Å². The van der Waals surface area contributed by atoms with Gasteiger partial charge in [0.2, 0.25) is 0 Å². The van der Waals surface area contributed by atoms with Crippen molar-refractivity contribution < 1.29 is 22.7 Å². The standard InChI is InChI=1S/C23H21F3N6O2/c1-12(2)19-14(23(33)29-31-7-8-34-18-6-4-3-5-16(18)31)11-27-22-21(19)28-30-32(22)17-10-13(24)9-15(25)20(17)26/h4,6,9-12H,3,5,7-8H2,1-2H3,(H,29,33). The minimum absolute atomic E-state index is 0.0814. The van der Waals surface area contributed by atoms with Crippen LogP contribution >= 0.6 is 0 Å². The largest absolute Gasteiger partial charge is 0.490 e. The lowest BCUT2D eigenvalue weighted by atomic mass is 9.97. The molecule has 176 valence electrons. The number of benzene rings is 1. The van der Waals surface area contributed by atoms with Crippen LogP contribution in [0.15, 0.2) is 41.9 Å². The molecule has 3 heterocycles. The number of pyridine rings is 1. The Labute approximate surface area is 192 Å². The number of hydrogen-bond donors (Lipinski definition) is 1. The molecule has 11 heteroatoms. The van der Waals surface area contributed by atoms with Crippen molar-refractivity contribution in [3.8, 4) is 5.69 Å². The average Bonchev–Trinajstić information content (AvgIpc) is 3.24. The lowest BCUT2D eigenvalue weighted by Crippen LogP contribution is -2.46. The summed E-state index contributed by atoms with van der Waals surface area (Å²) in [7, 11) is 0. The van der Waals surface area contributed by atoms with Gasteiger partial charge in [0.25, 0.3) is 5.91 Å². The molecule has 3 aromatic rings. The number of aromatic nitrogens is 4. The molecule has 0 fully saturated rings. The number of ether oxygens (including phenoxy) is 1. The van der Waals surface area contributed by atoms with Crippen molar-refractivity contribution in [3.63, 3.8) is 0 Å². The van der Waals surface area contributed by atoms with Crippen LogP contribution < -0.4 is 5.43 Å². The van der Waals surface area contributed by atoms with Crippen molar-refractivity contribution in [2.24, 2.45) is 0 Å². The summed E-state index contributed by atoms with van der Waals surface area (Å²) in [6.45, 7) is 4.66. The first kappa shape index (κ1) is 21.9. The van der Waals surface area contributed by atoms with Crippen LogP contribution in [0.4, 0.5) is 13.2 Å². The molecule has 1 aliphatic heterocycles. The maximum atomic E-state index is 14.4. The molecule has 5 rings (SSSR count). The van der Waals surface area contributed by atoms with Crippen LogP contribution in [0.1, 0.15) is 48.5 Å². The van der Waals surface area contributed by atoms with E-state index in [1.54, 1.807) is 5.01 Å². The second kappa shape index (κ2) is 8.47. The molecule has 1 N–H and O–H groups in total. The van der Waals surface area contributed by atoms with E-state index in [1.165, 1.54) is 6.20 Å². The molecule has 1 aromatic carbocycles. The number of halogens is 3. The van der Waals surface area contributed by atoms with E-state index in [0.29, 0.717) is 24.8 Å². The van der Waals surface area contributed by atoms with Crippen LogP contribution in [-0.2, 0) is 4.74 Å². The van der Waals surface area contributed by atoms with Crippen LogP contribution in [0.25, 0.3) is 16.9 Å². The number of carbonyl (C=O) groups is 1. The van der Waals surface area contributed by atoms with Crippen molar-refractivity contribution in [1.29, 1.82) is 0 Å². The van der Waals surface area contributed by atoms with Gasteiger partial charge in [-0.1, -0.05) is 25.1 Å². The number of hydrazine groups is 1. The van der Waals surface area contributed by atoms with E-state index in [9.17, 15) is 18.0 Å². The zero-order valence-corrected chi connectivity index (χ0v) is 18.5. The first-order valence-electron chi connectivity index (χ1n) is 10.9. The van der Waals surface area contributed by atoms with Crippen molar-refractivity contribution >= 4 is 17.1 Å². The second-order valence-electron chi connectivity index (χ2n) is 8.33. The second-order valence-corrected chi connectivity index (χ2v) is 8.33. The van der Waals surface area contributed by atoms with Gasteiger partial charge in [0.05, 0.1) is 17.8 Å². The molecule has 0 unspecified atom stereocenters. The fourth-order valence-corrected chi connectivity index (χ4v) is 4.23. The Morgan fingerprint density at radius 3 is 2.85 bits per heavy atom. The number of amides is 1. The molecular formula is C23H21F3N6O2. The molecule has 0 saturated heterocycles. The maximum absolute atomic E-state index is 14.4. The molecule has 0 spiro atoms. The first-order valence-corrected chi connectivity index (χ1v) is 10.9. The van der Waals surface area contributed by atoms with Gasteiger partial charge in [-0.25, -0.2) is 18.2 Å². The number of nitrogens with zero attached hydrogens (tertiary/aromatic N) is 5. The van der Waals surface area contributed by atoms with Crippen LogP contribution in [0.2, 0.25) is 0 Å². The molecule has 0 saturated carbocycles. The summed E-state index contributed by atoms with van der Waals surface area (Å²) in [5.74, 6) is -3.42. The quantitative estimate of drug-likeness (QED) is 0.583. The van der Waals surface area contributed by atoms with Gasteiger partial charge in [-0.05, 0) is 24.8 Å². The fraction of sp³-hybridized carbons (Fsp3) is 0.304. The Morgan fingerprint density at radius 1 is 1.24 bits per heavy atom. The number of fused-ring (bicyclic) bond motifs is 1. The van der Waals surface area contributed by atoms with Gasteiger partial charge < -0.3 is 4.74 Å². The van der Waals surface area contributed by atoms with E-state index in [1.807, 2.05) is 26.0 Å². The molecule has 2 aliphatic rings. The molecule has 0 radical (unpaired) electrons. The average molecular weight is 470 g/mol. The summed E-state index contributed by atoms with van der Waals surface area (Å²) in [5, 5.41) is 9.74. The number of nitrogens with one attached hydrogen (secondary N) is 1. The van der Waals surface area contributed by atoms with Crippen molar-refractivity contribution in [2.75, 3.05) is 13.2 Å². The van der Waals surface area contributed by atoms with Crippen LogP contribution in [0.3, 0.4) is 0 Å². The SMILES string of the molecule is CC(C)c1c(C(=O)NN2CCOC3=C2CCC=C3)cnc2c1nnn2-c1cc(F)cc(F)c1F. The lowest BCUT2D eigenvalue weighted by molar-refractivity contribution is 0.0689. The molecule has 34 heavy (non-hydrogen) atoms. The molecule has 1 amide bonds. The van der Waals surface area contributed by atoms with Crippen molar-refractivity contribution in [3.05, 3.63) is 70.5 Å². The Bertz CT molecular complexity index is 1360. The molecular weight excluding hydrogens is 449 g/mol. The van der Waals surface area contributed by atoms with Gasteiger partial charge in [-0.2, -0.15) is 4.68 Å². The van der Waals surface area contributed by atoms with E-state index < -0.39 is 23.1 Å². The highest BCUT2D eigenvalue weighted by atomic mass is 19.2. The Kier molecular flexibility index (Phi) is 5.46. The minimum atomic E-state index is -1.35. The monoisotopic (exact) mass is 470 g/mol. The van der Waals surface area contributed by atoms with Gasteiger partial charge >= 0.3 is 0 Å². The summed E-state index contributed by atoms with van der Waals surface area (Å²) in [5.41, 5.74) is 4.51.